The molecule has 2 aliphatic heterocycles. The van der Waals surface area contributed by atoms with Gasteiger partial charge in [-0.3, -0.25) is 4.79 Å². The monoisotopic (exact) mass is 347 g/mol. The lowest BCUT2D eigenvalue weighted by Crippen LogP contribution is -2.46. The molecule has 5 nitrogen and oxygen atoms in total. The zero-order valence-corrected chi connectivity index (χ0v) is 14.6. The van der Waals surface area contributed by atoms with Crippen LogP contribution in [0.2, 0.25) is 0 Å². The zero-order valence-electron chi connectivity index (χ0n) is 14.6. The Labute approximate surface area is 153 Å². The number of benzene rings is 2. The molecule has 4 rings (SSSR count). The summed E-state index contributed by atoms with van der Waals surface area (Å²) in [4.78, 5) is 14.7. The van der Waals surface area contributed by atoms with Gasteiger partial charge >= 0.3 is 0 Å². The van der Waals surface area contributed by atoms with Crippen molar-refractivity contribution in [1.29, 1.82) is 5.26 Å². The minimum atomic E-state index is -0.0220. The molecule has 0 radical (unpaired) electrons. The van der Waals surface area contributed by atoms with Gasteiger partial charge < -0.3 is 15.4 Å². The first-order chi connectivity index (χ1) is 12.6. The average Bonchev–Trinajstić information content (AvgIpc) is 3.05. The lowest BCUT2D eigenvalue weighted by molar-refractivity contribution is 0.0646. The molecule has 1 fully saturated rings. The van der Waals surface area contributed by atoms with Crippen molar-refractivity contribution in [2.45, 2.75) is 24.8 Å². The first-order valence-electron chi connectivity index (χ1n) is 8.91. The fourth-order valence-corrected chi connectivity index (χ4v) is 3.99. The van der Waals surface area contributed by atoms with E-state index in [0.717, 1.165) is 24.2 Å². The number of nitriles is 1. The number of piperidine rings is 1. The summed E-state index contributed by atoms with van der Waals surface area (Å²) in [5.41, 5.74) is 9.21. The van der Waals surface area contributed by atoms with E-state index in [1.807, 2.05) is 17.0 Å². The van der Waals surface area contributed by atoms with Gasteiger partial charge in [0.2, 0.25) is 0 Å². The summed E-state index contributed by atoms with van der Waals surface area (Å²) in [6, 6.07) is 15.2. The van der Waals surface area contributed by atoms with Crippen LogP contribution in [0.15, 0.2) is 42.5 Å². The van der Waals surface area contributed by atoms with Crippen LogP contribution >= 0.6 is 0 Å². The molecule has 0 aliphatic carbocycles. The van der Waals surface area contributed by atoms with Crippen LogP contribution in [0.5, 0.6) is 5.75 Å². The number of nitrogens with two attached hydrogens (primary N) is 1. The molecule has 0 bridgehead atoms. The maximum Gasteiger partial charge on any atom is 0.253 e. The van der Waals surface area contributed by atoms with Crippen molar-refractivity contribution in [2.75, 3.05) is 19.7 Å². The van der Waals surface area contributed by atoms with Gasteiger partial charge in [0.15, 0.2) is 0 Å². The molecule has 2 aromatic rings. The number of amides is 1. The summed E-state index contributed by atoms with van der Waals surface area (Å²) < 4.78 is 5.92. The van der Waals surface area contributed by atoms with Crippen LogP contribution in [-0.4, -0.2) is 30.5 Å². The van der Waals surface area contributed by atoms with E-state index in [-0.39, 0.29) is 11.3 Å². The van der Waals surface area contributed by atoms with Crippen LogP contribution in [0.3, 0.4) is 0 Å². The minimum absolute atomic E-state index is 0.00759. The first kappa shape index (κ1) is 16.6. The molecule has 2 aromatic carbocycles. The highest BCUT2D eigenvalue weighted by Crippen LogP contribution is 2.45. The predicted octanol–water partition coefficient (Wildman–Crippen LogP) is 2.58. The van der Waals surface area contributed by atoms with Crippen molar-refractivity contribution in [1.82, 2.24) is 4.90 Å². The number of likely N-dealkylation sites (tertiary alicyclic amines) is 1. The molecule has 0 unspecified atom stereocenters. The average molecular weight is 347 g/mol. The predicted molar refractivity (Wildman–Crippen MR) is 97.8 cm³/mol. The maximum absolute atomic E-state index is 12.8. The van der Waals surface area contributed by atoms with Gasteiger partial charge in [0.05, 0.1) is 18.2 Å². The summed E-state index contributed by atoms with van der Waals surface area (Å²) in [6.07, 6.45) is 1.75. The zero-order chi connectivity index (χ0) is 18.1. The number of hydrogen-bond donors (Lipinski definition) is 1. The molecule has 1 amide bonds. The molecule has 0 aromatic heterocycles. The van der Waals surface area contributed by atoms with Crippen LogP contribution < -0.4 is 10.5 Å². The second-order valence-electron chi connectivity index (χ2n) is 7.09. The quantitative estimate of drug-likeness (QED) is 0.905. The van der Waals surface area contributed by atoms with Gasteiger partial charge in [0.1, 0.15) is 5.75 Å². The van der Waals surface area contributed by atoms with Crippen LogP contribution in [0.4, 0.5) is 0 Å². The van der Waals surface area contributed by atoms with Crippen LogP contribution in [0.25, 0.3) is 0 Å². The Hall–Kier alpha value is -2.84. The number of carbonyl (C=O) groups is 1. The summed E-state index contributed by atoms with van der Waals surface area (Å²) in [5.74, 6) is 0.940. The Morgan fingerprint density at radius 2 is 2.04 bits per heavy atom. The lowest BCUT2D eigenvalue weighted by atomic mass is 9.74. The molecule has 1 spiro atoms. The van der Waals surface area contributed by atoms with Crippen molar-refractivity contribution in [3.05, 3.63) is 64.7 Å². The van der Waals surface area contributed by atoms with E-state index in [9.17, 15) is 4.79 Å². The summed E-state index contributed by atoms with van der Waals surface area (Å²) in [7, 11) is 0. The fourth-order valence-electron chi connectivity index (χ4n) is 3.99. The SMILES string of the molecule is N#Cc1cccc(C(=O)N2CCC3(CC2)COc2ccc(CN)cc23)c1. The van der Waals surface area contributed by atoms with E-state index in [2.05, 4.69) is 12.1 Å². The van der Waals surface area contributed by atoms with Crippen LogP contribution in [0.1, 0.15) is 39.9 Å². The van der Waals surface area contributed by atoms with Crippen molar-refractivity contribution >= 4 is 5.91 Å². The summed E-state index contributed by atoms with van der Waals surface area (Å²) >= 11 is 0. The van der Waals surface area contributed by atoms with Gasteiger partial charge in [-0.1, -0.05) is 18.2 Å². The van der Waals surface area contributed by atoms with Crippen molar-refractivity contribution in [3.8, 4) is 11.8 Å². The summed E-state index contributed by atoms with van der Waals surface area (Å²) in [5, 5.41) is 9.03. The van der Waals surface area contributed by atoms with Crippen molar-refractivity contribution in [3.63, 3.8) is 0 Å². The van der Waals surface area contributed by atoms with Crippen molar-refractivity contribution in [2.24, 2.45) is 5.73 Å². The number of hydrogen-bond acceptors (Lipinski definition) is 4. The number of ether oxygens (including phenoxy) is 1. The molecule has 2 heterocycles. The number of nitrogens with zero attached hydrogens (tertiary/aromatic N) is 2. The highest BCUT2D eigenvalue weighted by molar-refractivity contribution is 5.94. The molecular formula is C21H21N3O2. The molecule has 2 aliphatic rings. The Bertz CT molecular complexity index is 892. The molecule has 0 atom stereocenters. The minimum Gasteiger partial charge on any atom is -0.492 e. The normalized spacial score (nSPS) is 17.5. The van der Waals surface area contributed by atoms with E-state index in [0.29, 0.717) is 37.4 Å². The molecular weight excluding hydrogens is 326 g/mol. The van der Waals surface area contributed by atoms with E-state index in [4.69, 9.17) is 15.7 Å². The number of fused-ring (bicyclic) bond motifs is 2. The van der Waals surface area contributed by atoms with Crippen LogP contribution in [-0.2, 0) is 12.0 Å². The highest BCUT2D eigenvalue weighted by atomic mass is 16.5. The van der Waals surface area contributed by atoms with Gasteiger partial charge in [-0.2, -0.15) is 5.26 Å². The van der Waals surface area contributed by atoms with Crippen molar-refractivity contribution < 1.29 is 9.53 Å². The van der Waals surface area contributed by atoms with E-state index < -0.39 is 0 Å². The maximum atomic E-state index is 12.8. The van der Waals surface area contributed by atoms with E-state index >= 15 is 0 Å². The van der Waals surface area contributed by atoms with E-state index in [1.165, 1.54) is 5.56 Å². The third-order valence-corrected chi connectivity index (χ3v) is 5.60. The van der Waals surface area contributed by atoms with E-state index in [1.54, 1.807) is 24.3 Å². The third-order valence-electron chi connectivity index (χ3n) is 5.60. The van der Waals surface area contributed by atoms with Gasteiger partial charge in [-0.25, -0.2) is 0 Å². The Morgan fingerprint density at radius 3 is 2.77 bits per heavy atom. The van der Waals surface area contributed by atoms with Gasteiger partial charge in [0.25, 0.3) is 5.91 Å². The fraction of sp³-hybridized carbons (Fsp3) is 0.333. The lowest BCUT2D eigenvalue weighted by Gasteiger charge is -2.38. The molecule has 132 valence electrons. The highest BCUT2D eigenvalue weighted by Gasteiger charge is 2.43. The number of rotatable bonds is 2. The Balaban J connectivity index is 1.52. The molecule has 1 saturated heterocycles. The van der Waals surface area contributed by atoms with Gasteiger partial charge in [0, 0.05) is 36.2 Å². The first-order valence-corrected chi connectivity index (χ1v) is 8.91. The summed E-state index contributed by atoms with van der Waals surface area (Å²) in [6.45, 7) is 2.56. The third kappa shape index (κ3) is 2.73. The molecule has 2 N–H and O–H groups in total. The molecule has 5 heteroatoms. The second kappa shape index (κ2) is 6.47. The smallest absolute Gasteiger partial charge is 0.253 e. The molecule has 26 heavy (non-hydrogen) atoms. The standard InChI is InChI=1S/C21H21N3O2/c22-12-15-2-1-3-17(10-15)20(25)24-8-6-21(7-9-24)14-26-19-5-4-16(13-23)11-18(19)21/h1-5,10-11H,6-9,13-14,23H2. The van der Waals surface area contributed by atoms with Gasteiger partial charge in [-0.05, 0) is 42.7 Å². The van der Waals surface area contributed by atoms with Gasteiger partial charge in [-0.15, -0.1) is 0 Å². The Kier molecular flexibility index (Phi) is 4.14. The number of carbonyl (C=O) groups excluding carboxylic acids is 1. The van der Waals surface area contributed by atoms with Crippen LogP contribution in [0, 0.1) is 11.3 Å². The second-order valence-corrected chi connectivity index (χ2v) is 7.09. The molecule has 0 saturated carbocycles. The largest absolute Gasteiger partial charge is 0.492 e. The topological polar surface area (TPSA) is 79.3 Å². The Morgan fingerprint density at radius 1 is 1.23 bits per heavy atom.